The lowest BCUT2D eigenvalue weighted by Crippen LogP contribution is -2.33. The largest absolute Gasteiger partial charge is 0.481 e. The molecule has 1 aromatic carbocycles. The van der Waals surface area contributed by atoms with E-state index in [1.54, 1.807) is 6.92 Å². The molecule has 1 unspecified atom stereocenters. The number of benzene rings is 1. The fourth-order valence-electron chi connectivity index (χ4n) is 0.974. The van der Waals surface area contributed by atoms with E-state index in [0.29, 0.717) is 5.75 Å². The van der Waals surface area contributed by atoms with Crippen LogP contribution < -0.4 is 10.1 Å². The van der Waals surface area contributed by atoms with Crippen molar-refractivity contribution in [3.05, 3.63) is 30.1 Å². The minimum atomic E-state index is -0.578. The molecule has 0 fully saturated rings. The first kappa shape index (κ1) is 10.5. The lowest BCUT2D eigenvalue weighted by atomic mass is 10.3. The zero-order chi connectivity index (χ0) is 10.6. The fourth-order valence-corrected chi connectivity index (χ4v) is 0.974. The molecule has 1 atom stereocenters. The molecule has 0 radical (unpaired) electrons. The second kappa shape index (κ2) is 4.60. The molecular weight excluding hydrogens is 185 g/mol. The molecule has 0 bridgehead atoms. The first-order chi connectivity index (χ1) is 6.63. The van der Waals surface area contributed by atoms with E-state index in [1.807, 2.05) is 0 Å². The quantitative estimate of drug-likeness (QED) is 0.794. The number of nitrogens with one attached hydrogen (secondary N) is 1. The Labute approximate surface area is 81.9 Å². The van der Waals surface area contributed by atoms with Gasteiger partial charge in [-0.15, -0.1) is 0 Å². The number of likely N-dealkylation sites (N-methyl/N-ethyl adjacent to an activating group) is 1. The van der Waals surface area contributed by atoms with Crippen LogP contribution in [0.3, 0.4) is 0 Å². The van der Waals surface area contributed by atoms with Crippen molar-refractivity contribution in [3.63, 3.8) is 0 Å². The average molecular weight is 197 g/mol. The Morgan fingerprint density at radius 3 is 2.50 bits per heavy atom. The molecule has 4 heteroatoms. The van der Waals surface area contributed by atoms with Crippen LogP contribution in [0.15, 0.2) is 24.3 Å². The van der Waals surface area contributed by atoms with E-state index in [4.69, 9.17) is 4.74 Å². The summed E-state index contributed by atoms with van der Waals surface area (Å²) in [5, 5.41) is 2.46. The maximum Gasteiger partial charge on any atom is 0.260 e. The lowest BCUT2D eigenvalue weighted by molar-refractivity contribution is -0.126. The summed E-state index contributed by atoms with van der Waals surface area (Å²) in [6.45, 7) is 1.63. The number of rotatable bonds is 3. The van der Waals surface area contributed by atoms with Crippen molar-refractivity contribution in [1.29, 1.82) is 0 Å². The maximum atomic E-state index is 12.5. The Hall–Kier alpha value is -1.58. The number of ether oxygens (including phenoxy) is 1. The number of amides is 1. The van der Waals surface area contributed by atoms with Crippen LogP contribution in [-0.4, -0.2) is 19.1 Å². The van der Waals surface area contributed by atoms with Gasteiger partial charge in [-0.05, 0) is 31.2 Å². The van der Waals surface area contributed by atoms with Gasteiger partial charge in [0.25, 0.3) is 5.91 Å². The molecule has 0 aliphatic heterocycles. The Kier molecular flexibility index (Phi) is 3.45. The van der Waals surface area contributed by atoms with E-state index in [0.717, 1.165) is 0 Å². The summed E-state index contributed by atoms with van der Waals surface area (Å²) < 4.78 is 17.8. The number of halogens is 1. The third-order valence-electron chi connectivity index (χ3n) is 1.74. The molecule has 1 rings (SSSR count). The van der Waals surface area contributed by atoms with Gasteiger partial charge in [-0.3, -0.25) is 4.79 Å². The monoisotopic (exact) mass is 197 g/mol. The minimum Gasteiger partial charge on any atom is -0.481 e. The first-order valence-electron chi connectivity index (χ1n) is 4.27. The molecule has 0 saturated heterocycles. The van der Waals surface area contributed by atoms with E-state index < -0.39 is 6.10 Å². The van der Waals surface area contributed by atoms with Crippen LogP contribution in [0.5, 0.6) is 5.75 Å². The molecule has 3 nitrogen and oxygen atoms in total. The van der Waals surface area contributed by atoms with E-state index >= 15 is 0 Å². The molecule has 0 aliphatic rings. The van der Waals surface area contributed by atoms with E-state index in [-0.39, 0.29) is 11.7 Å². The molecule has 0 heterocycles. The van der Waals surface area contributed by atoms with Gasteiger partial charge in [0.2, 0.25) is 0 Å². The van der Waals surface area contributed by atoms with Gasteiger partial charge < -0.3 is 10.1 Å². The highest BCUT2D eigenvalue weighted by molar-refractivity contribution is 5.80. The van der Waals surface area contributed by atoms with Gasteiger partial charge in [0.05, 0.1) is 0 Å². The van der Waals surface area contributed by atoms with Gasteiger partial charge in [0.1, 0.15) is 11.6 Å². The molecule has 1 N–H and O–H groups in total. The van der Waals surface area contributed by atoms with Crippen LogP contribution >= 0.6 is 0 Å². The Balaban J connectivity index is 2.60. The zero-order valence-corrected chi connectivity index (χ0v) is 8.08. The van der Waals surface area contributed by atoms with E-state index in [2.05, 4.69) is 5.32 Å². The predicted octanol–water partition coefficient (Wildman–Crippen LogP) is 1.34. The van der Waals surface area contributed by atoms with Crippen molar-refractivity contribution in [2.24, 2.45) is 0 Å². The highest BCUT2D eigenvalue weighted by atomic mass is 19.1. The van der Waals surface area contributed by atoms with Crippen molar-refractivity contribution in [3.8, 4) is 5.75 Å². The normalized spacial score (nSPS) is 11.9. The summed E-state index contributed by atoms with van der Waals surface area (Å²) in [6.07, 6.45) is -0.578. The van der Waals surface area contributed by atoms with Gasteiger partial charge in [-0.2, -0.15) is 0 Å². The van der Waals surface area contributed by atoms with Crippen LogP contribution in [0.25, 0.3) is 0 Å². The van der Waals surface area contributed by atoms with Crippen LogP contribution in [0.2, 0.25) is 0 Å². The molecule has 76 valence electrons. The molecular formula is C10H12FNO2. The predicted molar refractivity (Wildman–Crippen MR) is 50.6 cm³/mol. The standard InChI is InChI=1S/C10H12FNO2/c1-7(10(13)12-2)14-9-5-3-8(11)4-6-9/h3-7H,1-2H3,(H,12,13). The highest BCUT2D eigenvalue weighted by Gasteiger charge is 2.11. The Morgan fingerprint density at radius 1 is 1.43 bits per heavy atom. The van der Waals surface area contributed by atoms with Crippen molar-refractivity contribution in [2.75, 3.05) is 7.05 Å². The minimum absolute atomic E-state index is 0.214. The fraction of sp³-hybridized carbons (Fsp3) is 0.300. The van der Waals surface area contributed by atoms with Crippen molar-refractivity contribution in [1.82, 2.24) is 5.32 Å². The number of hydrogen-bond donors (Lipinski definition) is 1. The van der Waals surface area contributed by atoms with Crippen LogP contribution in [-0.2, 0) is 4.79 Å². The number of hydrogen-bond acceptors (Lipinski definition) is 2. The maximum absolute atomic E-state index is 12.5. The summed E-state index contributed by atoms with van der Waals surface area (Å²) in [4.78, 5) is 11.1. The van der Waals surface area contributed by atoms with Crippen molar-refractivity contribution < 1.29 is 13.9 Å². The summed E-state index contributed by atoms with van der Waals surface area (Å²) in [5.74, 6) is -0.0678. The van der Waals surface area contributed by atoms with E-state index in [1.165, 1.54) is 31.3 Å². The van der Waals surface area contributed by atoms with Gasteiger partial charge in [-0.25, -0.2) is 4.39 Å². The molecule has 14 heavy (non-hydrogen) atoms. The Bertz CT molecular complexity index is 310. The SMILES string of the molecule is CNC(=O)C(C)Oc1ccc(F)cc1. The zero-order valence-electron chi connectivity index (χ0n) is 8.08. The van der Waals surface area contributed by atoms with Crippen LogP contribution in [0.1, 0.15) is 6.92 Å². The first-order valence-corrected chi connectivity index (χ1v) is 4.27. The van der Waals surface area contributed by atoms with Gasteiger partial charge in [0, 0.05) is 7.05 Å². The highest BCUT2D eigenvalue weighted by Crippen LogP contribution is 2.12. The third kappa shape index (κ3) is 2.73. The summed E-state index contributed by atoms with van der Waals surface area (Å²) in [6, 6.07) is 5.53. The Morgan fingerprint density at radius 2 is 2.00 bits per heavy atom. The van der Waals surface area contributed by atoms with Gasteiger partial charge in [-0.1, -0.05) is 0 Å². The van der Waals surface area contributed by atoms with Crippen molar-refractivity contribution >= 4 is 5.91 Å². The van der Waals surface area contributed by atoms with E-state index in [9.17, 15) is 9.18 Å². The van der Waals surface area contributed by atoms with Crippen LogP contribution in [0, 0.1) is 5.82 Å². The molecule has 0 spiro atoms. The van der Waals surface area contributed by atoms with Crippen molar-refractivity contribution in [2.45, 2.75) is 13.0 Å². The molecule has 0 aliphatic carbocycles. The van der Waals surface area contributed by atoms with Gasteiger partial charge in [0.15, 0.2) is 6.10 Å². The lowest BCUT2D eigenvalue weighted by Gasteiger charge is -2.12. The topological polar surface area (TPSA) is 38.3 Å². The summed E-state index contributed by atoms with van der Waals surface area (Å²) in [7, 11) is 1.53. The second-order valence-electron chi connectivity index (χ2n) is 2.83. The third-order valence-corrected chi connectivity index (χ3v) is 1.74. The molecule has 0 saturated carbocycles. The molecule has 0 aromatic heterocycles. The average Bonchev–Trinajstić information content (AvgIpc) is 2.20. The summed E-state index contributed by atoms with van der Waals surface area (Å²) >= 11 is 0. The number of carbonyl (C=O) groups excluding carboxylic acids is 1. The summed E-state index contributed by atoms with van der Waals surface area (Å²) in [5.41, 5.74) is 0. The number of carbonyl (C=O) groups is 1. The molecule has 1 amide bonds. The smallest absolute Gasteiger partial charge is 0.260 e. The second-order valence-corrected chi connectivity index (χ2v) is 2.83. The van der Waals surface area contributed by atoms with Crippen LogP contribution in [0.4, 0.5) is 4.39 Å². The van der Waals surface area contributed by atoms with Gasteiger partial charge >= 0.3 is 0 Å². The molecule has 1 aromatic rings.